The lowest BCUT2D eigenvalue weighted by atomic mass is 9.99. The zero-order chi connectivity index (χ0) is 40.0. The summed E-state index contributed by atoms with van der Waals surface area (Å²) >= 11 is 0. The first kappa shape index (κ1) is 37.9. The standard InChI is InChI=1S/C45H49FN8O4/c1-54(27-33(46)24-38(54)41(47)55)40(32-8-3-2-4-9-32)45(57)53-22-6-11-37(53)43-49-26-35(51-43)31-19-15-29(16-20-31)28-13-17-30(18-14-28)34-25-48-42(50-34)36-10-5-21-52(36)44(56)39-12-7-23-58-39/h2-4,8-9,13-20,25-26,33,36-40H,5-7,10-12,21-24,27H2,1H3,(H3-,47,48,49,50,51,55)/p+1/t33-,36+,37+,38+,39+,40-,54?/m1/s1. The van der Waals surface area contributed by atoms with Gasteiger partial charge < -0.3 is 30.2 Å². The van der Waals surface area contributed by atoms with Gasteiger partial charge in [0.1, 0.15) is 24.3 Å². The molecule has 4 fully saturated rings. The summed E-state index contributed by atoms with van der Waals surface area (Å²) in [5, 5.41) is 0. The van der Waals surface area contributed by atoms with Gasteiger partial charge in [-0.2, -0.15) is 0 Å². The number of benzene rings is 3. The summed E-state index contributed by atoms with van der Waals surface area (Å²) in [6.45, 7) is 1.95. The van der Waals surface area contributed by atoms with Gasteiger partial charge in [-0.05, 0) is 60.8 Å². The van der Waals surface area contributed by atoms with Gasteiger partial charge in [0.15, 0.2) is 18.3 Å². The summed E-state index contributed by atoms with van der Waals surface area (Å²) in [5.41, 5.74) is 12.4. The lowest BCUT2D eigenvalue weighted by molar-refractivity contribution is -0.934. The molecule has 300 valence electrons. The molecule has 5 aromatic rings. The van der Waals surface area contributed by atoms with Crippen LogP contribution >= 0.6 is 0 Å². The number of amides is 3. The maximum atomic E-state index is 15.0. The molecule has 4 aliphatic heterocycles. The number of aromatic nitrogens is 4. The second-order valence-corrected chi connectivity index (χ2v) is 16.5. The van der Waals surface area contributed by atoms with Gasteiger partial charge in [-0.3, -0.25) is 18.9 Å². The maximum absolute atomic E-state index is 15.0. The molecule has 0 aliphatic carbocycles. The van der Waals surface area contributed by atoms with Crippen LogP contribution < -0.4 is 5.73 Å². The van der Waals surface area contributed by atoms with Gasteiger partial charge in [0.2, 0.25) is 0 Å². The Bertz CT molecular complexity index is 2270. The molecule has 13 heteroatoms. The number of primary amides is 1. The van der Waals surface area contributed by atoms with Crippen molar-refractivity contribution in [3.05, 3.63) is 108 Å². The molecule has 0 radical (unpaired) electrons. The predicted molar refractivity (Wildman–Crippen MR) is 216 cm³/mol. The van der Waals surface area contributed by atoms with Crippen molar-refractivity contribution in [2.75, 3.05) is 33.3 Å². The number of hydrogen-bond acceptors (Lipinski definition) is 6. The Balaban J connectivity index is 0.885. The van der Waals surface area contributed by atoms with Gasteiger partial charge in [0.25, 0.3) is 17.7 Å². The van der Waals surface area contributed by atoms with Crippen molar-refractivity contribution in [1.82, 2.24) is 29.7 Å². The summed E-state index contributed by atoms with van der Waals surface area (Å²) in [6.07, 6.45) is 7.20. The molecule has 0 bridgehead atoms. The third-order valence-corrected chi connectivity index (χ3v) is 12.9. The number of hydrogen-bond donors (Lipinski definition) is 3. The quantitative estimate of drug-likeness (QED) is 0.139. The number of quaternary nitrogens is 1. The number of likely N-dealkylation sites (tertiary alicyclic amines) is 3. The number of nitrogens with one attached hydrogen (secondary N) is 2. The minimum atomic E-state index is -1.23. The molecule has 12 nitrogen and oxygen atoms in total. The maximum Gasteiger partial charge on any atom is 0.286 e. The Morgan fingerprint density at radius 3 is 1.88 bits per heavy atom. The zero-order valence-electron chi connectivity index (χ0n) is 32.7. The molecule has 6 heterocycles. The van der Waals surface area contributed by atoms with Crippen molar-refractivity contribution in [2.45, 2.75) is 81.4 Å². The van der Waals surface area contributed by atoms with E-state index in [0.717, 1.165) is 90.1 Å². The van der Waals surface area contributed by atoms with Gasteiger partial charge in [0, 0.05) is 31.7 Å². The van der Waals surface area contributed by atoms with E-state index in [1.165, 1.54) is 0 Å². The van der Waals surface area contributed by atoms with Crippen LogP contribution in [0.2, 0.25) is 0 Å². The van der Waals surface area contributed by atoms with E-state index >= 15 is 0 Å². The number of nitrogens with zero attached hydrogens (tertiary/aromatic N) is 5. The number of H-pyrrole nitrogens is 2. The predicted octanol–water partition coefficient (Wildman–Crippen LogP) is 6.42. The number of alkyl halides is 1. The molecule has 4 saturated heterocycles. The molecule has 2 aromatic heterocycles. The molecular weight excluding hydrogens is 736 g/mol. The van der Waals surface area contributed by atoms with Gasteiger partial charge in [0.05, 0.1) is 42.9 Å². The summed E-state index contributed by atoms with van der Waals surface area (Å²) in [6, 6.07) is 24.1. The number of likely N-dealkylation sites (N-methyl/N-ethyl adjacent to an activating group) is 1. The normalized spacial score (nSPS) is 26.3. The molecule has 4 N–H and O–H groups in total. The van der Waals surface area contributed by atoms with Crippen LogP contribution in [0, 0.1) is 0 Å². The van der Waals surface area contributed by atoms with E-state index in [0.29, 0.717) is 19.0 Å². The average Bonchev–Trinajstić information content (AvgIpc) is 4.10. The van der Waals surface area contributed by atoms with E-state index in [1.54, 1.807) is 7.05 Å². The SMILES string of the molecule is C[N+]1([C@@H](C(=O)N2CCC[C@H]2c2ncc(-c3ccc(-c4ccc(-c5cnc([C@@H]6CCCN6C(=O)[C@@H]6CCCO6)[nH]5)cc4)cc3)[nH]2)c2ccccc2)C[C@H](F)C[C@H]1C(N)=O. The van der Waals surface area contributed by atoms with E-state index in [1.807, 2.05) is 52.5 Å². The Kier molecular flexibility index (Phi) is 10.2. The molecule has 0 spiro atoms. The molecule has 58 heavy (non-hydrogen) atoms. The number of aromatic amines is 2. The minimum absolute atomic E-state index is 0.00494. The van der Waals surface area contributed by atoms with Gasteiger partial charge in [-0.25, -0.2) is 14.4 Å². The molecule has 3 aromatic carbocycles. The van der Waals surface area contributed by atoms with Gasteiger partial charge in [-0.15, -0.1) is 0 Å². The number of rotatable bonds is 10. The van der Waals surface area contributed by atoms with E-state index in [-0.39, 0.29) is 47.5 Å². The summed E-state index contributed by atoms with van der Waals surface area (Å²) < 4.78 is 20.6. The highest BCUT2D eigenvalue weighted by Crippen LogP contribution is 2.42. The molecule has 1 unspecified atom stereocenters. The monoisotopic (exact) mass is 785 g/mol. The number of nitrogens with two attached hydrogens (primary N) is 1. The Morgan fingerprint density at radius 1 is 0.776 bits per heavy atom. The average molecular weight is 786 g/mol. The number of carbonyl (C=O) groups excluding carboxylic acids is 3. The number of halogens is 1. The molecule has 9 rings (SSSR count). The van der Waals surface area contributed by atoms with Gasteiger partial charge in [-0.1, -0.05) is 78.9 Å². The van der Waals surface area contributed by atoms with Crippen LogP contribution in [0.1, 0.15) is 80.3 Å². The van der Waals surface area contributed by atoms with Crippen LogP contribution in [-0.4, -0.2) is 104 Å². The molecule has 0 saturated carbocycles. The first-order valence-corrected chi connectivity index (χ1v) is 20.5. The fraction of sp³-hybridized carbons (Fsp3) is 0.400. The first-order valence-electron chi connectivity index (χ1n) is 20.5. The van der Waals surface area contributed by atoms with E-state index < -0.39 is 24.2 Å². The summed E-state index contributed by atoms with van der Waals surface area (Å²) in [4.78, 5) is 60.6. The number of imidazole rings is 2. The van der Waals surface area contributed by atoms with Crippen LogP contribution in [0.3, 0.4) is 0 Å². The summed E-state index contributed by atoms with van der Waals surface area (Å²) in [7, 11) is 1.79. The van der Waals surface area contributed by atoms with E-state index in [4.69, 9.17) is 20.4 Å². The lowest BCUT2D eigenvalue weighted by Gasteiger charge is -2.42. The van der Waals surface area contributed by atoms with Crippen molar-refractivity contribution < 1.29 is 28.0 Å². The third-order valence-electron chi connectivity index (χ3n) is 12.9. The van der Waals surface area contributed by atoms with Crippen molar-refractivity contribution >= 4 is 17.7 Å². The Hall–Kier alpha value is -5.66. The van der Waals surface area contributed by atoms with E-state index in [2.05, 4.69) is 58.5 Å². The largest absolute Gasteiger partial charge is 0.368 e. The number of carbonyl (C=O) groups is 3. The van der Waals surface area contributed by atoms with Crippen LogP contribution in [0.25, 0.3) is 33.6 Å². The topological polar surface area (TPSA) is 150 Å². The first-order chi connectivity index (χ1) is 28.2. The molecule has 4 aliphatic rings. The molecule has 7 atom stereocenters. The lowest BCUT2D eigenvalue weighted by Crippen LogP contribution is -2.59. The fourth-order valence-electron chi connectivity index (χ4n) is 9.91. The van der Waals surface area contributed by atoms with E-state index in [9.17, 15) is 18.8 Å². The highest BCUT2D eigenvalue weighted by molar-refractivity contribution is 5.85. The van der Waals surface area contributed by atoms with Crippen molar-refractivity contribution in [2.24, 2.45) is 5.73 Å². The molecule has 3 amide bonds. The van der Waals surface area contributed by atoms with Gasteiger partial charge >= 0.3 is 0 Å². The van der Waals surface area contributed by atoms with Crippen molar-refractivity contribution in [3.8, 4) is 33.6 Å². The Morgan fingerprint density at radius 2 is 1.33 bits per heavy atom. The van der Waals surface area contributed by atoms with Crippen molar-refractivity contribution in [3.63, 3.8) is 0 Å². The van der Waals surface area contributed by atoms with Crippen LogP contribution in [0.5, 0.6) is 0 Å². The number of ether oxygens (including phenoxy) is 1. The second kappa shape index (κ2) is 15.6. The van der Waals surface area contributed by atoms with Crippen LogP contribution in [0.15, 0.2) is 91.3 Å². The smallest absolute Gasteiger partial charge is 0.286 e. The van der Waals surface area contributed by atoms with Crippen LogP contribution in [0.4, 0.5) is 4.39 Å². The highest BCUT2D eigenvalue weighted by Gasteiger charge is 2.56. The fourth-order valence-corrected chi connectivity index (χ4v) is 9.91. The summed E-state index contributed by atoms with van der Waals surface area (Å²) in [5.74, 6) is 0.850. The highest BCUT2D eigenvalue weighted by atomic mass is 19.1. The Labute approximate surface area is 337 Å². The zero-order valence-corrected chi connectivity index (χ0v) is 32.7. The van der Waals surface area contributed by atoms with Crippen molar-refractivity contribution in [1.29, 1.82) is 0 Å². The minimum Gasteiger partial charge on any atom is -0.368 e. The molecular formula is C45H50FN8O4+. The third kappa shape index (κ3) is 7.00. The second-order valence-electron chi connectivity index (χ2n) is 16.5. The van der Waals surface area contributed by atoms with Crippen LogP contribution in [-0.2, 0) is 19.1 Å².